The molecule has 158 valence electrons. The first-order chi connectivity index (χ1) is 14.4. The van der Waals surface area contributed by atoms with Crippen molar-refractivity contribution in [2.45, 2.75) is 25.5 Å². The van der Waals surface area contributed by atoms with Gasteiger partial charge in [-0.25, -0.2) is 4.79 Å². The molecule has 1 atom stereocenters. The number of nitro groups is 1. The number of hydrogen-bond acceptors (Lipinski definition) is 7. The van der Waals surface area contributed by atoms with Crippen LogP contribution in [0, 0.1) is 10.1 Å². The van der Waals surface area contributed by atoms with Crippen LogP contribution in [0.3, 0.4) is 0 Å². The Balaban J connectivity index is 1.46. The summed E-state index contributed by atoms with van der Waals surface area (Å²) in [6, 6.07) is 11.7. The van der Waals surface area contributed by atoms with Gasteiger partial charge in [0, 0.05) is 18.2 Å². The second kappa shape index (κ2) is 9.59. The van der Waals surface area contributed by atoms with Crippen molar-refractivity contribution in [1.29, 1.82) is 0 Å². The summed E-state index contributed by atoms with van der Waals surface area (Å²) in [6.45, 7) is 0.852. The van der Waals surface area contributed by atoms with Crippen molar-refractivity contribution in [2.75, 3.05) is 18.5 Å². The van der Waals surface area contributed by atoms with Gasteiger partial charge >= 0.3 is 6.09 Å². The Bertz CT molecular complexity index is 934. The van der Waals surface area contributed by atoms with Crippen molar-refractivity contribution in [2.24, 2.45) is 5.73 Å². The van der Waals surface area contributed by atoms with Crippen LogP contribution in [0.1, 0.15) is 28.8 Å². The van der Waals surface area contributed by atoms with Gasteiger partial charge in [-0.2, -0.15) is 0 Å². The van der Waals surface area contributed by atoms with E-state index in [0.717, 1.165) is 11.6 Å². The number of carbonyl (C=O) groups is 2. The van der Waals surface area contributed by atoms with Crippen molar-refractivity contribution in [1.82, 2.24) is 5.32 Å². The van der Waals surface area contributed by atoms with Crippen molar-refractivity contribution in [3.63, 3.8) is 0 Å². The fourth-order valence-electron chi connectivity index (χ4n) is 3.05. The Hall–Kier alpha value is -3.82. The van der Waals surface area contributed by atoms with E-state index in [4.69, 9.17) is 15.2 Å². The number of ether oxygens (including phenoxy) is 2. The second-order valence-corrected chi connectivity index (χ2v) is 6.77. The average molecular weight is 414 g/mol. The van der Waals surface area contributed by atoms with E-state index in [-0.39, 0.29) is 41.9 Å². The zero-order valence-corrected chi connectivity index (χ0v) is 16.1. The smallest absolute Gasteiger partial charge is 0.407 e. The van der Waals surface area contributed by atoms with Gasteiger partial charge in [0.15, 0.2) is 5.69 Å². The quantitative estimate of drug-likeness (QED) is 0.342. The molecule has 0 bridgehead atoms. The number of rotatable bonds is 8. The molecule has 10 nitrogen and oxygen atoms in total. The van der Waals surface area contributed by atoms with E-state index in [1.807, 2.05) is 30.3 Å². The summed E-state index contributed by atoms with van der Waals surface area (Å²) < 4.78 is 10.7. The first kappa shape index (κ1) is 20.9. The van der Waals surface area contributed by atoms with Crippen LogP contribution in [0.25, 0.3) is 0 Å². The minimum absolute atomic E-state index is 0.0129. The molecule has 2 amide bonds. The van der Waals surface area contributed by atoms with E-state index in [2.05, 4.69) is 10.6 Å². The fourth-order valence-corrected chi connectivity index (χ4v) is 3.05. The largest absolute Gasteiger partial charge is 0.489 e. The van der Waals surface area contributed by atoms with Gasteiger partial charge < -0.3 is 25.8 Å². The first-order valence-electron chi connectivity index (χ1n) is 9.40. The van der Waals surface area contributed by atoms with Crippen LogP contribution < -0.4 is 21.1 Å². The predicted molar refractivity (Wildman–Crippen MR) is 108 cm³/mol. The number of nitrogens with two attached hydrogens (primary N) is 1. The standard InChI is InChI=1S/C20H22N4O6/c21-19(25)14-9-16(24(27)28)18-17(10-14)29-12-15(23-18)7-4-8-22-20(26)30-11-13-5-2-1-3-6-13/h1-3,5-6,9-10,15,23H,4,7-8,11-12H2,(H2,21,25)(H,22,26)/t15-/m0/s1. The Labute approximate surface area is 172 Å². The maximum absolute atomic E-state index is 11.8. The summed E-state index contributed by atoms with van der Waals surface area (Å²) in [5.74, 6) is -0.547. The number of nitrogens with one attached hydrogen (secondary N) is 2. The van der Waals surface area contributed by atoms with E-state index in [0.29, 0.717) is 19.4 Å². The van der Waals surface area contributed by atoms with Gasteiger partial charge in [0.05, 0.1) is 11.0 Å². The molecule has 0 spiro atoms. The summed E-state index contributed by atoms with van der Waals surface area (Å²) in [5, 5.41) is 17.1. The SMILES string of the molecule is NC(=O)c1cc2c(c([N+](=O)[O-])c1)N[C@@H](CCCNC(=O)OCc1ccccc1)CO2. The number of amides is 2. The van der Waals surface area contributed by atoms with Crippen LogP contribution in [0.5, 0.6) is 5.75 Å². The highest BCUT2D eigenvalue weighted by Crippen LogP contribution is 2.39. The lowest BCUT2D eigenvalue weighted by Gasteiger charge is -2.27. The number of fused-ring (bicyclic) bond motifs is 1. The molecular weight excluding hydrogens is 392 g/mol. The third kappa shape index (κ3) is 5.37. The van der Waals surface area contributed by atoms with E-state index in [1.165, 1.54) is 6.07 Å². The lowest BCUT2D eigenvalue weighted by atomic mass is 10.1. The van der Waals surface area contributed by atoms with E-state index in [9.17, 15) is 19.7 Å². The van der Waals surface area contributed by atoms with Gasteiger partial charge in [-0.1, -0.05) is 30.3 Å². The van der Waals surface area contributed by atoms with Gasteiger partial charge in [-0.05, 0) is 24.5 Å². The minimum atomic E-state index is -0.767. The molecule has 0 aromatic heterocycles. The Morgan fingerprint density at radius 3 is 2.77 bits per heavy atom. The monoisotopic (exact) mass is 414 g/mol. The maximum Gasteiger partial charge on any atom is 0.407 e. The number of alkyl carbamates (subject to hydrolysis) is 1. The van der Waals surface area contributed by atoms with Crippen LogP contribution in [0.4, 0.5) is 16.2 Å². The molecule has 2 aromatic carbocycles. The molecule has 1 aliphatic heterocycles. The van der Waals surface area contributed by atoms with E-state index >= 15 is 0 Å². The number of primary amides is 1. The van der Waals surface area contributed by atoms with Gasteiger partial charge in [-0.3, -0.25) is 14.9 Å². The molecule has 0 saturated heterocycles. The lowest BCUT2D eigenvalue weighted by Crippen LogP contribution is -2.33. The average Bonchev–Trinajstić information content (AvgIpc) is 2.75. The van der Waals surface area contributed by atoms with Gasteiger partial charge in [0.2, 0.25) is 5.91 Å². The first-order valence-corrected chi connectivity index (χ1v) is 9.40. The third-order valence-electron chi connectivity index (χ3n) is 4.56. The second-order valence-electron chi connectivity index (χ2n) is 6.77. The molecule has 0 aliphatic carbocycles. The highest BCUT2D eigenvalue weighted by Gasteiger charge is 2.28. The molecule has 0 unspecified atom stereocenters. The molecule has 0 radical (unpaired) electrons. The molecule has 0 fully saturated rings. The summed E-state index contributed by atoms with van der Waals surface area (Å²) in [6.07, 6.45) is 0.712. The van der Waals surface area contributed by atoms with Crippen molar-refractivity contribution in [3.8, 4) is 5.75 Å². The topological polar surface area (TPSA) is 146 Å². The lowest BCUT2D eigenvalue weighted by molar-refractivity contribution is -0.384. The van der Waals surface area contributed by atoms with Crippen LogP contribution >= 0.6 is 0 Å². The molecule has 0 saturated carbocycles. The van der Waals surface area contributed by atoms with Gasteiger partial charge in [-0.15, -0.1) is 0 Å². The third-order valence-corrected chi connectivity index (χ3v) is 4.56. The Morgan fingerprint density at radius 1 is 1.30 bits per heavy atom. The molecule has 2 aromatic rings. The molecule has 3 rings (SSSR count). The Kier molecular flexibility index (Phi) is 6.68. The van der Waals surface area contributed by atoms with E-state index < -0.39 is 16.9 Å². The molecule has 10 heteroatoms. The molecule has 30 heavy (non-hydrogen) atoms. The zero-order valence-electron chi connectivity index (χ0n) is 16.1. The highest BCUT2D eigenvalue weighted by molar-refractivity contribution is 5.95. The summed E-state index contributed by atoms with van der Waals surface area (Å²) >= 11 is 0. The summed E-state index contributed by atoms with van der Waals surface area (Å²) in [5.41, 5.74) is 6.08. The minimum Gasteiger partial charge on any atom is -0.489 e. The van der Waals surface area contributed by atoms with Crippen LogP contribution in [0.15, 0.2) is 42.5 Å². The van der Waals surface area contributed by atoms with Crippen LogP contribution in [0.2, 0.25) is 0 Å². The molecule has 1 heterocycles. The number of nitrogens with zero attached hydrogens (tertiary/aromatic N) is 1. The number of benzene rings is 2. The summed E-state index contributed by atoms with van der Waals surface area (Å²) in [7, 11) is 0. The number of carbonyl (C=O) groups excluding carboxylic acids is 2. The van der Waals surface area contributed by atoms with Gasteiger partial charge in [0.1, 0.15) is 19.0 Å². The Morgan fingerprint density at radius 2 is 2.07 bits per heavy atom. The maximum atomic E-state index is 11.8. The van der Waals surface area contributed by atoms with Crippen LogP contribution in [-0.2, 0) is 11.3 Å². The van der Waals surface area contributed by atoms with Crippen LogP contribution in [-0.4, -0.2) is 36.1 Å². The number of anilines is 1. The molecule has 4 N–H and O–H groups in total. The zero-order chi connectivity index (χ0) is 21.5. The fraction of sp³-hybridized carbons (Fsp3) is 0.300. The molecule has 1 aliphatic rings. The number of nitro benzene ring substituents is 1. The summed E-state index contributed by atoms with van der Waals surface area (Å²) in [4.78, 5) is 33.9. The van der Waals surface area contributed by atoms with Gasteiger partial charge in [0.25, 0.3) is 5.69 Å². The number of hydrogen-bond donors (Lipinski definition) is 3. The van der Waals surface area contributed by atoms with Crippen molar-refractivity contribution in [3.05, 3.63) is 63.7 Å². The van der Waals surface area contributed by atoms with E-state index in [1.54, 1.807) is 0 Å². The van der Waals surface area contributed by atoms with Crippen molar-refractivity contribution >= 4 is 23.4 Å². The normalized spacial score (nSPS) is 14.6. The predicted octanol–water partition coefficient (Wildman–Crippen LogP) is 2.57. The highest BCUT2D eigenvalue weighted by atomic mass is 16.6. The molecular formula is C20H22N4O6. The van der Waals surface area contributed by atoms with Crippen molar-refractivity contribution < 1.29 is 24.0 Å².